The average molecular weight is 238 g/mol. The summed E-state index contributed by atoms with van der Waals surface area (Å²) in [5.74, 6) is 2.74. The molecule has 1 nitrogen and oxygen atoms in total. The van der Waals surface area contributed by atoms with Crippen LogP contribution in [0.1, 0.15) is 59.8 Å². The Balaban J connectivity index is 2.22. The molecule has 2 rings (SSSR count). The van der Waals surface area contributed by atoms with E-state index in [-0.39, 0.29) is 0 Å². The zero-order chi connectivity index (χ0) is 12.5. The number of quaternary nitrogens is 1. The zero-order valence-corrected chi connectivity index (χ0v) is 12.4. The van der Waals surface area contributed by atoms with Gasteiger partial charge in [0.15, 0.2) is 0 Å². The molecule has 0 aromatic carbocycles. The van der Waals surface area contributed by atoms with Crippen LogP contribution in [-0.4, -0.2) is 30.2 Å². The summed E-state index contributed by atoms with van der Waals surface area (Å²) in [7, 11) is 0. The van der Waals surface area contributed by atoms with Crippen LogP contribution in [0.2, 0.25) is 0 Å². The zero-order valence-electron chi connectivity index (χ0n) is 12.4. The Hall–Kier alpha value is -0.0400. The number of hydrogen-bond acceptors (Lipinski definition) is 0. The van der Waals surface area contributed by atoms with Gasteiger partial charge in [-0.3, -0.25) is 0 Å². The van der Waals surface area contributed by atoms with E-state index in [0.29, 0.717) is 0 Å². The first kappa shape index (κ1) is 13.4. The molecule has 2 aliphatic rings. The minimum absolute atomic E-state index is 0.882. The lowest BCUT2D eigenvalue weighted by atomic mass is 9.85. The van der Waals surface area contributed by atoms with Gasteiger partial charge in [-0.2, -0.15) is 0 Å². The van der Waals surface area contributed by atoms with Crippen LogP contribution in [0.25, 0.3) is 0 Å². The lowest BCUT2D eigenvalue weighted by molar-refractivity contribution is -0.953. The van der Waals surface area contributed by atoms with Gasteiger partial charge in [-0.1, -0.05) is 20.8 Å². The minimum Gasteiger partial charge on any atom is -0.321 e. The summed E-state index contributed by atoms with van der Waals surface area (Å²) >= 11 is 0. The molecule has 0 N–H and O–H groups in total. The molecule has 0 bridgehead atoms. The van der Waals surface area contributed by atoms with E-state index in [1.165, 1.54) is 56.2 Å². The fraction of sp³-hybridized carbons (Fsp3) is 1.00. The number of nitrogens with zero attached hydrogens (tertiary/aromatic N) is 1. The van der Waals surface area contributed by atoms with Crippen molar-refractivity contribution in [2.45, 2.75) is 65.8 Å². The fourth-order valence-corrected chi connectivity index (χ4v) is 4.59. The van der Waals surface area contributed by atoms with Gasteiger partial charge in [0.2, 0.25) is 0 Å². The lowest BCUT2D eigenvalue weighted by Gasteiger charge is -2.45. The molecular weight excluding hydrogens is 206 g/mol. The largest absolute Gasteiger partial charge is 0.321 e. The molecule has 0 aromatic heterocycles. The molecule has 1 spiro atoms. The quantitative estimate of drug-likeness (QED) is 0.558. The Morgan fingerprint density at radius 2 is 1.41 bits per heavy atom. The van der Waals surface area contributed by atoms with E-state index < -0.39 is 0 Å². The highest BCUT2D eigenvalue weighted by molar-refractivity contribution is 4.77. The van der Waals surface area contributed by atoms with Gasteiger partial charge in [0, 0.05) is 11.8 Å². The molecule has 0 radical (unpaired) electrons. The highest BCUT2D eigenvalue weighted by Gasteiger charge is 2.43. The molecule has 1 heteroatoms. The molecule has 2 aliphatic heterocycles. The first-order valence-corrected chi connectivity index (χ1v) is 7.91. The monoisotopic (exact) mass is 238 g/mol. The van der Waals surface area contributed by atoms with E-state index in [4.69, 9.17) is 0 Å². The highest BCUT2D eigenvalue weighted by Crippen LogP contribution is 2.37. The van der Waals surface area contributed by atoms with Crippen LogP contribution in [0.15, 0.2) is 0 Å². The molecule has 0 amide bonds. The normalized spacial score (nSPS) is 43.1. The molecule has 0 saturated carbocycles. The van der Waals surface area contributed by atoms with Crippen molar-refractivity contribution in [2.24, 2.45) is 17.8 Å². The van der Waals surface area contributed by atoms with Crippen LogP contribution in [0.5, 0.6) is 0 Å². The Labute approximate surface area is 108 Å². The Morgan fingerprint density at radius 3 is 2.00 bits per heavy atom. The van der Waals surface area contributed by atoms with E-state index in [2.05, 4.69) is 27.7 Å². The van der Waals surface area contributed by atoms with Gasteiger partial charge >= 0.3 is 0 Å². The number of rotatable bonds is 0. The molecular formula is C16H32N+. The predicted molar refractivity (Wildman–Crippen MR) is 74.9 cm³/mol. The first-order valence-electron chi connectivity index (χ1n) is 7.91. The summed E-state index contributed by atoms with van der Waals surface area (Å²) in [6.45, 7) is 14.4. The second-order valence-electron chi connectivity index (χ2n) is 7.18. The van der Waals surface area contributed by atoms with Crippen molar-refractivity contribution < 1.29 is 4.48 Å². The summed E-state index contributed by atoms with van der Waals surface area (Å²) in [5.41, 5.74) is 0. The smallest absolute Gasteiger partial charge is 0.0890 e. The van der Waals surface area contributed by atoms with Crippen molar-refractivity contribution in [3.63, 3.8) is 0 Å². The minimum atomic E-state index is 0.882. The fourth-order valence-electron chi connectivity index (χ4n) is 4.59. The van der Waals surface area contributed by atoms with Crippen LogP contribution in [0.3, 0.4) is 0 Å². The van der Waals surface area contributed by atoms with Crippen LogP contribution >= 0.6 is 0 Å². The van der Waals surface area contributed by atoms with Gasteiger partial charge in [0.05, 0.1) is 25.7 Å². The van der Waals surface area contributed by atoms with E-state index in [1.54, 1.807) is 0 Å². The average Bonchev–Trinajstić information content (AvgIpc) is 2.56. The van der Waals surface area contributed by atoms with E-state index in [9.17, 15) is 0 Å². The first-order chi connectivity index (χ1) is 8.05. The lowest BCUT2D eigenvalue weighted by Crippen LogP contribution is -2.58. The summed E-state index contributed by atoms with van der Waals surface area (Å²) in [4.78, 5) is 0. The Kier molecular flexibility index (Phi) is 4.18. The third-order valence-corrected chi connectivity index (χ3v) is 5.93. The number of hydrogen-bond donors (Lipinski definition) is 0. The predicted octanol–water partition coefficient (Wildman–Crippen LogP) is 4.08. The summed E-state index contributed by atoms with van der Waals surface area (Å²) < 4.78 is 1.45. The summed E-state index contributed by atoms with van der Waals surface area (Å²) in [6.07, 6.45) is 7.35. The van der Waals surface area contributed by atoms with Crippen molar-refractivity contribution in [3.8, 4) is 0 Å². The van der Waals surface area contributed by atoms with Crippen LogP contribution in [0.4, 0.5) is 0 Å². The maximum Gasteiger partial charge on any atom is 0.0890 e. The molecule has 0 aliphatic carbocycles. The van der Waals surface area contributed by atoms with Crippen LogP contribution < -0.4 is 0 Å². The van der Waals surface area contributed by atoms with Gasteiger partial charge in [0.1, 0.15) is 0 Å². The third kappa shape index (κ3) is 2.70. The maximum absolute atomic E-state index is 2.55. The molecule has 2 saturated heterocycles. The molecule has 2 heterocycles. The van der Waals surface area contributed by atoms with Crippen molar-refractivity contribution in [2.75, 3.05) is 19.6 Å². The van der Waals surface area contributed by atoms with Gasteiger partial charge < -0.3 is 4.48 Å². The molecule has 100 valence electrons. The van der Waals surface area contributed by atoms with Crippen molar-refractivity contribution >= 4 is 0 Å². The second kappa shape index (κ2) is 5.30. The Morgan fingerprint density at radius 1 is 0.824 bits per heavy atom. The van der Waals surface area contributed by atoms with Gasteiger partial charge in [-0.15, -0.1) is 0 Å². The standard InChI is InChI=1S/C16H32N/c1-13-11-14(2)15(3)16(4)17(12-13)9-7-5-6-8-10-17/h13-16H,5-12H2,1-4H3/q+1. The SMILES string of the molecule is CC1CC(C)C(C)C(C)[N+]2(CCCCCC2)C1. The molecule has 0 aromatic rings. The van der Waals surface area contributed by atoms with Crippen LogP contribution in [0, 0.1) is 17.8 Å². The third-order valence-electron chi connectivity index (χ3n) is 5.93. The van der Waals surface area contributed by atoms with Gasteiger partial charge in [-0.25, -0.2) is 0 Å². The summed E-state index contributed by atoms with van der Waals surface area (Å²) in [5, 5.41) is 0. The molecule has 4 unspecified atom stereocenters. The van der Waals surface area contributed by atoms with E-state index >= 15 is 0 Å². The van der Waals surface area contributed by atoms with Crippen molar-refractivity contribution in [1.29, 1.82) is 0 Å². The molecule has 17 heavy (non-hydrogen) atoms. The van der Waals surface area contributed by atoms with Gasteiger partial charge in [-0.05, 0) is 44.9 Å². The summed E-state index contributed by atoms with van der Waals surface area (Å²) in [6, 6.07) is 0.882. The molecule has 4 atom stereocenters. The van der Waals surface area contributed by atoms with Crippen LogP contribution in [-0.2, 0) is 0 Å². The highest BCUT2D eigenvalue weighted by atomic mass is 15.4. The Bertz CT molecular complexity index is 240. The maximum atomic E-state index is 2.55. The van der Waals surface area contributed by atoms with Gasteiger partial charge in [0.25, 0.3) is 0 Å². The van der Waals surface area contributed by atoms with E-state index in [1.807, 2.05) is 0 Å². The second-order valence-corrected chi connectivity index (χ2v) is 7.18. The van der Waals surface area contributed by atoms with Crippen molar-refractivity contribution in [1.82, 2.24) is 0 Å². The van der Waals surface area contributed by atoms with Crippen molar-refractivity contribution in [3.05, 3.63) is 0 Å². The molecule has 2 fully saturated rings. The van der Waals surface area contributed by atoms with E-state index in [0.717, 1.165) is 23.8 Å². The topological polar surface area (TPSA) is 0 Å².